The molecule has 0 bridgehead atoms. The molecule has 4 nitrogen and oxygen atoms in total. The van der Waals surface area contributed by atoms with Crippen molar-refractivity contribution in [2.45, 2.75) is 13.5 Å². The number of amides is 1. The average molecular weight is 573 g/mol. The summed E-state index contributed by atoms with van der Waals surface area (Å²) in [5, 5.41) is 5.86. The predicted molar refractivity (Wildman–Crippen MR) is 133 cm³/mol. The minimum atomic E-state index is -0.131. The van der Waals surface area contributed by atoms with Crippen LogP contribution in [0.4, 0.5) is 5.69 Å². The van der Waals surface area contributed by atoms with Gasteiger partial charge in [-0.3, -0.25) is 4.79 Å². The van der Waals surface area contributed by atoms with E-state index in [-0.39, 0.29) is 5.91 Å². The van der Waals surface area contributed by atoms with Crippen LogP contribution in [-0.2, 0) is 11.4 Å². The van der Waals surface area contributed by atoms with E-state index in [9.17, 15) is 4.79 Å². The first kappa shape index (κ1) is 20.8. The summed E-state index contributed by atoms with van der Waals surface area (Å²) in [6.45, 7) is 2.34. The van der Waals surface area contributed by atoms with Gasteiger partial charge in [-0.2, -0.15) is 10.1 Å². The van der Waals surface area contributed by atoms with Gasteiger partial charge >= 0.3 is 0 Å². The summed E-state index contributed by atoms with van der Waals surface area (Å²) < 4.78 is 7.97. The molecule has 0 aliphatic carbocycles. The monoisotopic (exact) mass is 572 g/mol. The number of hydrogen-bond donors (Lipinski definition) is 0. The van der Waals surface area contributed by atoms with Crippen LogP contribution >= 0.6 is 38.5 Å². The van der Waals surface area contributed by atoms with E-state index in [4.69, 9.17) is 4.74 Å². The van der Waals surface area contributed by atoms with E-state index in [2.05, 4.69) is 67.9 Å². The standard InChI is InChI=1S/C24H18BrIN2O2/c1-16-21(24(29)28(27-16)20-5-3-2-4-6-20)13-18-9-12-23(22(25)14-18)30-15-17-7-10-19(26)11-8-17/h2-14H,15H2,1H3/b21-13+. The summed E-state index contributed by atoms with van der Waals surface area (Å²) in [5.74, 6) is 0.624. The van der Waals surface area contributed by atoms with Crippen LogP contribution in [0.2, 0.25) is 0 Å². The SMILES string of the molecule is CC1=NN(c2ccccc2)C(=O)/C1=C/c1ccc(OCc2ccc(I)cc2)c(Br)c1. The molecular formula is C24H18BrIN2O2. The summed E-state index contributed by atoms with van der Waals surface area (Å²) in [6, 6.07) is 23.5. The Bertz CT molecular complexity index is 1140. The van der Waals surface area contributed by atoms with Gasteiger partial charge in [-0.05, 0) is 99.0 Å². The molecule has 150 valence electrons. The van der Waals surface area contributed by atoms with Gasteiger partial charge in [0.15, 0.2) is 0 Å². The molecule has 4 rings (SSSR count). The van der Waals surface area contributed by atoms with Crippen molar-refractivity contribution in [1.82, 2.24) is 0 Å². The Kier molecular flexibility index (Phi) is 6.34. The molecule has 3 aromatic carbocycles. The fourth-order valence-electron chi connectivity index (χ4n) is 3.06. The van der Waals surface area contributed by atoms with Gasteiger partial charge in [-0.15, -0.1) is 0 Å². The van der Waals surface area contributed by atoms with Crippen molar-refractivity contribution in [3.8, 4) is 5.75 Å². The van der Waals surface area contributed by atoms with Crippen LogP contribution in [0, 0.1) is 3.57 Å². The van der Waals surface area contributed by atoms with Gasteiger partial charge in [-0.25, -0.2) is 0 Å². The Labute approximate surface area is 197 Å². The topological polar surface area (TPSA) is 41.9 Å². The third-order valence-electron chi connectivity index (χ3n) is 4.64. The first-order valence-electron chi connectivity index (χ1n) is 9.35. The Balaban J connectivity index is 1.50. The van der Waals surface area contributed by atoms with Gasteiger partial charge in [-0.1, -0.05) is 36.4 Å². The summed E-state index contributed by atoms with van der Waals surface area (Å²) in [7, 11) is 0. The molecule has 30 heavy (non-hydrogen) atoms. The molecule has 0 fully saturated rings. The Hall–Kier alpha value is -2.45. The van der Waals surface area contributed by atoms with Crippen molar-refractivity contribution in [3.63, 3.8) is 0 Å². The van der Waals surface area contributed by atoms with E-state index >= 15 is 0 Å². The lowest BCUT2D eigenvalue weighted by atomic mass is 10.1. The van der Waals surface area contributed by atoms with Crippen LogP contribution in [0.1, 0.15) is 18.1 Å². The summed E-state index contributed by atoms with van der Waals surface area (Å²) >= 11 is 5.86. The van der Waals surface area contributed by atoms with E-state index in [0.29, 0.717) is 17.9 Å². The number of carbonyl (C=O) groups excluding carboxylic acids is 1. The van der Waals surface area contributed by atoms with Crippen molar-refractivity contribution < 1.29 is 9.53 Å². The zero-order valence-corrected chi connectivity index (χ0v) is 19.9. The molecule has 3 aromatic rings. The number of hydrogen-bond acceptors (Lipinski definition) is 3. The molecule has 1 aliphatic heterocycles. The fourth-order valence-corrected chi connectivity index (χ4v) is 3.93. The molecule has 6 heteroatoms. The van der Waals surface area contributed by atoms with Crippen LogP contribution in [-0.4, -0.2) is 11.6 Å². The third kappa shape index (κ3) is 4.65. The quantitative estimate of drug-likeness (QED) is 0.261. The molecular weight excluding hydrogens is 555 g/mol. The lowest BCUT2D eigenvalue weighted by molar-refractivity contribution is -0.114. The van der Waals surface area contributed by atoms with Crippen molar-refractivity contribution in [3.05, 3.63) is 97.5 Å². The molecule has 1 aliphatic rings. The number of carbonyl (C=O) groups is 1. The minimum absolute atomic E-state index is 0.131. The van der Waals surface area contributed by atoms with Gasteiger partial charge in [0.2, 0.25) is 0 Å². The molecule has 0 unspecified atom stereocenters. The Morgan fingerprint density at radius 2 is 1.80 bits per heavy atom. The summed E-state index contributed by atoms with van der Waals surface area (Å²) in [4.78, 5) is 12.9. The molecule has 0 atom stereocenters. The number of halogens is 2. The maximum Gasteiger partial charge on any atom is 0.280 e. The van der Waals surface area contributed by atoms with Crippen LogP contribution in [0.25, 0.3) is 6.08 Å². The smallest absolute Gasteiger partial charge is 0.280 e. The van der Waals surface area contributed by atoms with Crippen LogP contribution in [0.15, 0.2) is 87.9 Å². The maximum absolute atomic E-state index is 12.9. The third-order valence-corrected chi connectivity index (χ3v) is 5.98. The lowest BCUT2D eigenvalue weighted by Crippen LogP contribution is -2.21. The van der Waals surface area contributed by atoms with Crippen LogP contribution in [0.5, 0.6) is 5.75 Å². The number of rotatable bonds is 5. The van der Waals surface area contributed by atoms with Gasteiger partial charge in [0.1, 0.15) is 12.4 Å². The normalized spacial score (nSPS) is 14.9. The lowest BCUT2D eigenvalue weighted by Gasteiger charge is -2.11. The number of para-hydroxylation sites is 1. The van der Waals surface area contributed by atoms with Gasteiger partial charge in [0, 0.05) is 3.57 Å². The average Bonchev–Trinajstić information content (AvgIpc) is 3.03. The van der Waals surface area contributed by atoms with Gasteiger partial charge < -0.3 is 4.74 Å². The van der Waals surface area contributed by atoms with Gasteiger partial charge in [0.25, 0.3) is 5.91 Å². The van der Waals surface area contributed by atoms with E-state index in [1.165, 1.54) is 8.58 Å². The van der Waals surface area contributed by atoms with Gasteiger partial charge in [0.05, 0.1) is 21.4 Å². The molecule has 0 N–H and O–H groups in total. The number of ether oxygens (including phenoxy) is 1. The molecule has 0 aromatic heterocycles. The molecule has 0 saturated carbocycles. The zero-order chi connectivity index (χ0) is 21.1. The highest BCUT2D eigenvalue weighted by atomic mass is 127. The van der Waals surface area contributed by atoms with Crippen LogP contribution < -0.4 is 9.75 Å². The molecule has 1 heterocycles. The molecule has 0 saturated heterocycles. The van der Waals surface area contributed by atoms with E-state index < -0.39 is 0 Å². The highest BCUT2D eigenvalue weighted by Gasteiger charge is 2.28. The van der Waals surface area contributed by atoms with Crippen molar-refractivity contribution in [1.29, 1.82) is 0 Å². The first-order chi connectivity index (χ1) is 14.5. The van der Waals surface area contributed by atoms with Crippen molar-refractivity contribution in [2.75, 3.05) is 5.01 Å². The Morgan fingerprint density at radius 3 is 2.50 bits per heavy atom. The number of benzene rings is 3. The number of nitrogens with zero attached hydrogens (tertiary/aromatic N) is 2. The van der Waals surface area contributed by atoms with E-state index in [0.717, 1.165) is 27.0 Å². The molecule has 0 spiro atoms. The second kappa shape index (κ2) is 9.14. The van der Waals surface area contributed by atoms with Crippen molar-refractivity contribution >= 4 is 61.9 Å². The summed E-state index contributed by atoms with van der Waals surface area (Å²) in [6.07, 6.45) is 1.86. The summed E-state index contributed by atoms with van der Waals surface area (Å²) in [5.41, 5.74) is 4.04. The molecule has 1 amide bonds. The Morgan fingerprint density at radius 1 is 1.07 bits per heavy atom. The van der Waals surface area contributed by atoms with Crippen molar-refractivity contribution in [2.24, 2.45) is 5.10 Å². The number of hydrazone groups is 1. The fraction of sp³-hybridized carbons (Fsp3) is 0.0833. The maximum atomic E-state index is 12.9. The largest absolute Gasteiger partial charge is 0.488 e. The molecule has 0 radical (unpaired) electrons. The van der Waals surface area contributed by atoms with E-state index in [1.54, 1.807) is 0 Å². The van der Waals surface area contributed by atoms with E-state index in [1.807, 2.05) is 61.5 Å². The number of anilines is 1. The zero-order valence-electron chi connectivity index (χ0n) is 16.2. The van der Waals surface area contributed by atoms with Crippen LogP contribution in [0.3, 0.4) is 0 Å². The first-order valence-corrected chi connectivity index (χ1v) is 11.2. The second-order valence-electron chi connectivity index (χ2n) is 6.80. The minimum Gasteiger partial charge on any atom is -0.488 e. The highest BCUT2D eigenvalue weighted by molar-refractivity contribution is 14.1. The highest BCUT2D eigenvalue weighted by Crippen LogP contribution is 2.29. The predicted octanol–water partition coefficient (Wildman–Crippen LogP) is 6.44. The second-order valence-corrected chi connectivity index (χ2v) is 8.90.